The van der Waals surface area contributed by atoms with E-state index < -0.39 is 12.0 Å². The first-order valence-corrected chi connectivity index (χ1v) is 14.6. The lowest BCUT2D eigenvalue weighted by Gasteiger charge is -2.24. The molecule has 0 spiro atoms. The molecule has 2 aromatic heterocycles. The highest BCUT2D eigenvalue weighted by molar-refractivity contribution is 7.07. The van der Waals surface area contributed by atoms with Crippen LogP contribution in [0.3, 0.4) is 0 Å². The maximum atomic E-state index is 14.3. The monoisotopic (exact) mass is 577 g/mol. The summed E-state index contributed by atoms with van der Waals surface area (Å²) in [5.41, 5.74) is 7.67. The summed E-state index contributed by atoms with van der Waals surface area (Å²) in [7, 11) is 1.60. The Morgan fingerprint density at radius 1 is 1.07 bits per heavy atom. The molecule has 0 radical (unpaired) electrons. The number of benzene rings is 3. The zero-order valence-corrected chi connectivity index (χ0v) is 25.0. The molecule has 3 aromatic carbocycles. The number of carbonyl (C=O) groups excluding carboxylic acids is 1. The van der Waals surface area contributed by atoms with Gasteiger partial charge in [-0.25, -0.2) is 9.79 Å². The molecule has 0 saturated heterocycles. The summed E-state index contributed by atoms with van der Waals surface area (Å²) in [6.07, 6.45) is 1.96. The second-order valence-corrected chi connectivity index (χ2v) is 11.4. The molecule has 1 aliphatic heterocycles. The third kappa shape index (κ3) is 4.67. The molecule has 0 fully saturated rings. The Hall–Kier alpha value is -4.69. The van der Waals surface area contributed by atoms with Crippen LogP contribution < -0.4 is 19.6 Å². The molecule has 0 amide bonds. The van der Waals surface area contributed by atoms with Gasteiger partial charge in [0.1, 0.15) is 5.75 Å². The van der Waals surface area contributed by atoms with Gasteiger partial charge in [-0.3, -0.25) is 9.36 Å². The molecule has 7 nitrogen and oxygen atoms in total. The number of fused-ring (bicyclic) bond motifs is 2. The van der Waals surface area contributed by atoms with Crippen molar-refractivity contribution >= 4 is 34.3 Å². The van der Waals surface area contributed by atoms with E-state index >= 15 is 0 Å². The van der Waals surface area contributed by atoms with E-state index in [1.165, 1.54) is 11.3 Å². The average Bonchev–Trinajstić information content (AvgIpc) is 3.50. The highest BCUT2D eigenvalue weighted by Crippen LogP contribution is 2.34. The molecule has 212 valence electrons. The van der Waals surface area contributed by atoms with Gasteiger partial charge in [0.25, 0.3) is 5.56 Å². The van der Waals surface area contributed by atoms with E-state index in [2.05, 4.69) is 43.1 Å². The molecule has 5 aromatic rings. The standard InChI is InChI=1S/C34H31N3O4S/c1-6-41-33(39)28-21(4)35-34-37(31(28)23-12-14-24(40-5)15-13-23)32(38)27(42-34)18-26-25-17-19(2)16-20(3)29(25)36-30(26)22-10-8-7-9-11-22/h7-18,31,36H,6H2,1-5H3/b27-18+/t31-/m0/s1. The Labute approximate surface area is 247 Å². The number of allylic oxidation sites excluding steroid dienone is 1. The van der Waals surface area contributed by atoms with Gasteiger partial charge in [0.05, 0.1) is 41.3 Å². The first-order chi connectivity index (χ1) is 20.3. The van der Waals surface area contributed by atoms with Crippen molar-refractivity contribution in [2.24, 2.45) is 4.99 Å². The van der Waals surface area contributed by atoms with E-state index in [1.807, 2.05) is 48.5 Å². The number of hydrogen-bond acceptors (Lipinski definition) is 6. The quantitative estimate of drug-likeness (QED) is 0.267. The van der Waals surface area contributed by atoms with E-state index in [0.29, 0.717) is 26.4 Å². The van der Waals surface area contributed by atoms with Crippen LogP contribution in [-0.2, 0) is 9.53 Å². The van der Waals surface area contributed by atoms with Gasteiger partial charge in [-0.05, 0) is 68.7 Å². The molecule has 42 heavy (non-hydrogen) atoms. The number of nitrogens with zero attached hydrogens (tertiary/aromatic N) is 2. The number of aromatic amines is 1. The van der Waals surface area contributed by atoms with Crippen molar-refractivity contribution in [2.75, 3.05) is 13.7 Å². The number of esters is 1. The number of nitrogens with one attached hydrogen (secondary N) is 1. The maximum absolute atomic E-state index is 14.3. The number of H-pyrrole nitrogens is 1. The van der Waals surface area contributed by atoms with Crippen LogP contribution in [0.4, 0.5) is 0 Å². The fraction of sp³-hybridized carbons (Fsp3) is 0.206. The van der Waals surface area contributed by atoms with E-state index in [1.54, 1.807) is 25.5 Å². The van der Waals surface area contributed by atoms with Crippen molar-refractivity contribution < 1.29 is 14.3 Å². The normalized spacial score (nSPS) is 15.1. The molecule has 3 heterocycles. The zero-order chi connectivity index (χ0) is 29.5. The fourth-order valence-corrected chi connectivity index (χ4v) is 6.71. The first kappa shape index (κ1) is 27.5. The molecule has 1 atom stereocenters. The zero-order valence-electron chi connectivity index (χ0n) is 24.1. The Bertz CT molecular complexity index is 2050. The highest BCUT2D eigenvalue weighted by atomic mass is 32.1. The summed E-state index contributed by atoms with van der Waals surface area (Å²) < 4.78 is 12.9. The molecule has 6 rings (SSSR count). The molecular formula is C34H31N3O4S. The van der Waals surface area contributed by atoms with Gasteiger partial charge < -0.3 is 14.5 Å². The van der Waals surface area contributed by atoms with Crippen LogP contribution in [0.25, 0.3) is 28.2 Å². The Kier molecular flexibility index (Phi) is 7.16. The number of rotatable bonds is 6. The van der Waals surface area contributed by atoms with Crippen LogP contribution in [-0.4, -0.2) is 29.2 Å². The molecule has 0 unspecified atom stereocenters. The van der Waals surface area contributed by atoms with Crippen molar-refractivity contribution in [3.05, 3.63) is 120 Å². The second kappa shape index (κ2) is 10.9. The number of aromatic nitrogens is 2. The van der Waals surface area contributed by atoms with E-state index in [4.69, 9.17) is 14.5 Å². The molecular weight excluding hydrogens is 546 g/mol. The van der Waals surface area contributed by atoms with Crippen molar-refractivity contribution in [1.29, 1.82) is 0 Å². The SMILES string of the molecule is CCOC(=O)C1=C(C)N=c2s/c(=C/c3c(-c4ccccc4)[nH]c4c(C)cc(C)cc34)c(=O)n2[C@H]1c1ccc(OC)cc1. The molecule has 0 saturated carbocycles. The van der Waals surface area contributed by atoms with Crippen LogP contribution >= 0.6 is 11.3 Å². The summed E-state index contributed by atoms with van der Waals surface area (Å²) in [5, 5.41) is 1.05. The minimum Gasteiger partial charge on any atom is -0.497 e. The Morgan fingerprint density at radius 2 is 1.81 bits per heavy atom. The van der Waals surface area contributed by atoms with Crippen molar-refractivity contribution in [1.82, 2.24) is 9.55 Å². The van der Waals surface area contributed by atoms with Gasteiger partial charge in [0, 0.05) is 16.5 Å². The van der Waals surface area contributed by atoms with Gasteiger partial charge in [-0.2, -0.15) is 0 Å². The largest absolute Gasteiger partial charge is 0.497 e. The summed E-state index contributed by atoms with van der Waals surface area (Å²) in [6.45, 7) is 7.94. The number of ether oxygens (including phenoxy) is 2. The number of hydrogen-bond donors (Lipinski definition) is 1. The van der Waals surface area contributed by atoms with Gasteiger partial charge in [-0.15, -0.1) is 0 Å². The molecule has 0 aliphatic carbocycles. The third-order valence-corrected chi connectivity index (χ3v) is 8.56. The molecule has 8 heteroatoms. The average molecular weight is 578 g/mol. The maximum Gasteiger partial charge on any atom is 0.338 e. The summed E-state index contributed by atoms with van der Waals surface area (Å²) in [5.74, 6) is 0.200. The van der Waals surface area contributed by atoms with Crippen LogP contribution in [0, 0.1) is 13.8 Å². The van der Waals surface area contributed by atoms with Crippen molar-refractivity contribution in [3.8, 4) is 17.0 Å². The smallest absolute Gasteiger partial charge is 0.338 e. The van der Waals surface area contributed by atoms with E-state index in [-0.39, 0.29) is 12.2 Å². The predicted molar refractivity (Wildman–Crippen MR) is 167 cm³/mol. The van der Waals surface area contributed by atoms with E-state index in [9.17, 15) is 9.59 Å². The Morgan fingerprint density at radius 3 is 2.50 bits per heavy atom. The van der Waals surface area contributed by atoms with Gasteiger partial charge in [-0.1, -0.05) is 65.4 Å². The van der Waals surface area contributed by atoms with Crippen LogP contribution in [0.2, 0.25) is 0 Å². The lowest BCUT2D eigenvalue weighted by Crippen LogP contribution is -2.39. The van der Waals surface area contributed by atoms with Crippen molar-refractivity contribution in [3.63, 3.8) is 0 Å². The summed E-state index contributed by atoms with van der Waals surface area (Å²) in [6, 6.07) is 21.1. The van der Waals surface area contributed by atoms with Gasteiger partial charge >= 0.3 is 5.97 Å². The minimum atomic E-state index is -0.686. The van der Waals surface area contributed by atoms with E-state index in [0.717, 1.165) is 44.4 Å². The number of methoxy groups -OCH3 is 1. The van der Waals surface area contributed by atoms with Crippen LogP contribution in [0.5, 0.6) is 5.75 Å². The molecule has 1 aliphatic rings. The number of carbonyl (C=O) groups is 1. The lowest BCUT2D eigenvalue weighted by molar-refractivity contribution is -0.139. The molecule has 0 bridgehead atoms. The van der Waals surface area contributed by atoms with Gasteiger partial charge in [0.15, 0.2) is 4.80 Å². The fourth-order valence-electron chi connectivity index (χ4n) is 5.68. The van der Waals surface area contributed by atoms with Crippen LogP contribution in [0.15, 0.2) is 87.8 Å². The Balaban J connectivity index is 1.62. The number of thiazole rings is 1. The summed E-state index contributed by atoms with van der Waals surface area (Å²) >= 11 is 1.32. The third-order valence-electron chi connectivity index (χ3n) is 7.58. The predicted octanol–water partition coefficient (Wildman–Crippen LogP) is 5.57. The van der Waals surface area contributed by atoms with Crippen LogP contribution in [0.1, 0.15) is 42.1 Å². The van der Waals surface area contributed by atoms with Crippen molar-refractivity contribution in [2.45, 2.75) is 33.7 Å². The first-order valence-electron chi connectivity index (χ1n) is 13.8. The highest BCUT2D eigenvalue weighted by Gasteiger charge is 2.33. The topological polar surface area (TPSA) is 85.7 Å². The number of aryl methyl sites for hydroxylation is 2. The molecule has 1 N–H and O–H groups in total. The summed E-state index contributed by atoms with van der Waals surface area (Å²) in [4.78, 5) is 36.4. The second-order valence-electron chi connectivity index (χ2n) is 10.4. The minimum absolute atomic E-state index is 0.216. The lowest BCUT2D eigenvalue weighted by atomic mass is 9.96. The van der Waals surface area contributed by atoms with Gasteiger partial charge in [0.2, 0.25) is 0 Å².